The molecule has 132 valence electrons. The van der Waals surface area contributed by atoms with Gasteiger partial charge >= 0.3 is 0 Å². The maximum atomic E-state index is 12.0. The summed E-state index contributed by atoms with van der Waals surface area (Å²) in [7, 11) is 0. The molecule has 0 radical (unpaired) electrons. The number of hydrogen-bond donors (Lipinski definition) is 2. The predicted molar refractivity (Wildman–Crippen MR) is 102 cm³/mol. The van der Waals surface area contributed by atoms with E-state index in [0.717, 1.165) is 12.0 Å². The molecule has 2 aromatic carbocycles. The average Bonchev–Trinajstić information content (AvgIpc) is 2.68. The second kappa shape index (κ2) is 7.90. The van der Waals surface area contributed by atoms with E-state index in [1.54, 1.807) is 24.3 Å². The zero-order valence-electron chi connectivity index (χ0n) is 14.4. The highest BCUT2D eigenvalue weighted by atomic mass is 16.5. The van der Waals surface area contributed by atoms with Crippen LogP contribution in [-0.4, -0.2) is 11.6 Å². The second-order valence-electron chi connectivity index (χ2n) is 5.83. The Bertz CT molecular complexity index is 1110. The first-order valence-electron chi connectivity index (χ1n) is 8.27. The van der Waals surface area contributed by atoms with Gasteiger partial charge < -0.3 is 15.5 Å². The van der Waals surface area contributed by atoms with Crippen molar-refractivity contribution in [3.63, 3.8) is 0 Å². The van der Waals surface area contributed by atoms with E-state index >= 15 is 0 Å². The Morgan fingerprint density at radius 2 is 1.74 bits per heavy atom. The van der Waals surface area contributed by atoms with Gasteiger partial charge in [0.15, 0.2) is 0 Å². The highest BCUT2D eigenvalue weighted by Crippen LogP contribution is 2.30. The molecular weight excluding hydrogens is 340 g/mol. The van der Waals surface area contributed by atoms with Gasteiger partial charge in [-0.15, -0.1) is 0 Å². The number of aromatic nitrogens is 1. The number of hydrogen-bond acceptors (Lipinski definition) is 5. The topological polar surface area (TPSA) is 116 Å². The molecule has 1 aromatic heterocycles. The van der Waals surface area contributed by atoms with E-state index in [9.17, 15) is 15.3 Å². The van der Waals surface area contributed by atoms with Gasteiger partial charge in [-0.3, -0.25) is 4.79 Å². The number of H-pyrrole nitrogens is 1. The van der Waals surface area contributed by atoms with Crippen molar-refractivity contribution in [1.29, 1.82) is 10.5 Å². The van der Waals surface area contributed by atoms with Crippen molar-refractivity contribution < 1.29 is 4.74 Å². The average molecular weight is 356 g/mol. The minimum atomic E-state index is -0.626. The number of pyridine rings is 1. The molecule has 6 heteroatoms. The first-order valence-corrected chi connectivity index (χ1v) is 8.27. The SMILES string of the molecule is N#Cc1c(N)[nH]c(=O)c(C#N)c1-c1cccc(OCCc2ccccc2)c1. The van der Waals surface area contributed by atoms with Gasteiger partial charge in [0, 0.05) is 12.0 Å². The van der Waals surface area contributed by atoms with Crippen molar-refractivity contribution in [1.82, 2.24) is 4.98 Å². The number of nitriles is 2. The number of aromatic amines is 1. The van der Waals surface area contributed by atoms with Crippen molar-refractivity contribution in [3.05, 3.63) is 81.6 Å². The summed E-state index contributed by atoms with van der Waals surface area (Å²) in [4.78, 5) is 14.4. The molecule has 0 saturated heterocycles. The van der Waals surface area contributed by atoms with E-state index in [2.05, 4.69) is 4.98 Å². The first kappa shape index (κ1) is 17.8. The fourth-order valence-corrected chi connectivity index (χ4v) is 2.80. The molecule has 3 aromatic rings. The van der Waals surface area contributed by atoms with Crippen LogP contribution in [0.4, 0.5) is 5.82 Å². The number of nitrogens with one attached hydrogen (secondary N) is 1. The number of benzene rings is 2. The quantitative estimate of drug-likeness (QED) is 0.729. The third-order valence-electron chi connectivity index (χ3n) is 4.09. The Kier molecular flexibility index (Phi) is 5.20. The van der Waals surface area contributed by atoms with Crippen molar-refractivity contribution in [2.75, 3.05) is 12.3 Å². The molecule has 3 N–H and O–H groups in total. The third kappa shape index (κ3) is 3.81. The third-order valence-corrected chi connectivity index (χ3v) is 4.09. The van der Waals surface area contributed by atoms with Crippen molar-refractivity contribution in [2.24, 2.45) is 0 Å². The molecule has 0 fully saturated rings. The van der Waals surface area contributed by atoms with Crippen LogP contribution >= 0.6 is 0 Å². The van der Waals surface area contributed by atoms with Crippen molar-refractivity contribution in [2.45, 2.75) is 6.42 Å². The molecule has 0 aliphatic heterocycles. The van der Waals surface area contributed by atoms with E-state index in [1.165, 1.54) is 0 Å². The first-order chi connectivity index (χ1) is 13.1. The van der Waals surface area contributed by atoms with E-state index in [4.69, 9.17) is 10.5 Å². The second-order valence-corrected chi connectivity index (χ2v) is 5.83. The van der Waals surface area contributed by atoms with Gasteiger partial charge in [0.2, 0.25) is 0 Å². The minimum absolute atomic E-state index is 0.0626. The maximum absolute atomic E-state index is 12.0. The zero-order valence-corrected chi connectivity index (χ0v) is 14.4. The van der Waals surface area contributed by atoms with E-state index in [-0.39, 0.29) is 22.5 Å². The smallest absolute Gasteiger partial charge is 0.268 e. The number of nitrogens with zero attached hydrogens (tertiary/aromatic N) is 2. The molecule has 6 nitrogen and oxygen atoms in total. The maximum Gasteiger partial charge on any atom is 0.268 e. The van der Waals surface area contributed by atoms with Gasteiger partial charge in [-0.1, -0.05) is 42.5 Å². The summed E-state index contributed by atoms with van der Waals surface area (Å²) in [6.07, 6.45) is 0.746. The molecule has 3 rings (SSSR count). The lowest BCUT2D eigenvalue weighted by molar-refractivity contribution is 0.322. The van der Waals surface area contributed by atoms with Crippen LogP contribution in [0.2, 0.25) is 0 Å². The Hall–Kier alpha value is -4.03. The summed E-state index contributed by atoms with van der Waals surface area (Å²) in [6, 6.07) is 20.7. The molecule has 0 spiro atoms. The highest BCUT2D eigenvalue weighted by Gasteiger charge is 2.18. The molecule has 27 heavy (non-hydrogen) atoms. The fourth-order valence-electron chi connectivity index (χ4n) is 2.80. The van der Waals surface area contributed by atoms with Crippen LogP contribution in [0.1, 0.15) is 16.7 Å². The summed E-state index contributed by atoms with van der Waals surface area (Å²) < 4.78 is 5.80. The van der Waals surface area contributed by atoms with Gasteiger partial charge in [0.05, 0.1) is 6.61 Å². The highest BCUT2D eigenvalue weighted by molar-refractivity contribution is 5.80. The van der Waals surface area contributed by atoms with Gasteiger partial charge in [-0.25, -0.2) is 0 Å². The monoisotopic (exact) mass is 356 g/mol. The summed E-state index contributed by atoms with van der Waals surface area (Å²) in [5.74, 6) is 0.516. The Morgan fingerprint density at radius 1 is 1.00 bits per heavy atom. The van der Waals surface area contributed by atoms with Gasteiger partial charge in [-0.2, -0.15) is 10.5 Å². The normalized spacial score (nSPS) is 10.0. The van der Waals surface area contributed by atoms with E-state index in [0.29, 0.717) is 17.9 Å². The lowest BCUT2D eigenvalue weighted by Gasteiger charge is -2.11. The number of rotatable bonds is 5. The molecule has 0 saturated carbocycles. The lowest BCUT2D eigenvalue weighted by Crippen LogP contribution is -2.16. The van der Waals surface area contributed by atoms with Crippen LogP contribution in [0.3, 0.4) is 0 Å². The van der Waals surface area contributed by atoms with Crippen LogP contribution in [0.25, 0.3) is 11.1 Å². The van der Waals surface area contributed by atoms with Crippen molar-refractivity contribution in [3.8, 4) is 29.0 Å². The summed E-state index contributed by atoms with van der Waals surface area (Å²) in [5.41, 5.74) is 6.95. The van der Waals surface area contributed by atoms with Crippen LogP contribution in [0, 0.1) is 22.7 Å². The van der Waals surface area contributed by atoms with Gasteiger partial charge in [-0.05, 0) is 23.3 Å². The molecule has 0 atom stereocenters. The molecule has 0 aliphatic rings. The molecule has 0 bridgehead atoms. The number of nitrogens with two attached hydrogens (primary N) is 1. The standard InChI is InChI=1S/C21H16N4O2/c22-12-17-19(18(13-23)21(26)25-20(17)24)15-7-4-8-16(11-15)27-10-9-14-5-2-1-3-6-14/h1-8,11H,9-10H2,(H3,24,25,26). The fraction of sp³-hybridized carbons (Fsp3) is 0.0952. The van der Waals surface area contributed by atoms with E-state index in [1.807, 2.05) is 42.5 Å². The number of ether oxygens (including phenoxy) is 1. The Labute approximate surface area is 156 Å². The van der Waals surface area contributed by atoms with Crippen LogP contribution in [-0.2, 0) is 6.42 Å². The van der Waals surface area contributed by atoms with Gasteiger partial charge in [0.1, 0.15) is 34.8 Å². The molecular formula is C21H16N4O2. The van der Waals surface area contributed by atoms with Crippen LogP contribution < -0.4 is 16.0 Å². The van der Waals surface area contributed by atoms with Crippen LogP contribution in [0.15, 0.2) is 59.4 Å². The van der Waals surface area contributed by atoms with E-state index < -0.39 is 5.56 Å². The number of anilines is 1. The molecule has 0 aliphatic carbocycles. The number of nitrogen functional groups attached to an aromatic ring is 1. The van der Waals surface area contributed by atoms with Crippen molar-refractivity contribution >= 4 is 5.82 Å². The molecule has 1 heterocycles. The zero-order chi connectivity index (χ0) is 19.2. The lowest BCUT2D eigenvalue weighted by atomic mass is 9.96. The Balaban J connectivity index is 1.91. The summed E-state index contributed by atoms with van der Waals surface area (Å²) in [5, 5.41) is 18.8. The Morgan fingerprint density at radius 3 is 2.44 bits per heavy atom. The largest absolute Gasteiger partial charge is 0.493 e. The van der Waals surface area contributed by atoms with Gasteiger partial charge in [0.25, 0.3) is 5.56 Å². The molecule has 0 unspecified atom stereocenters. The summed E-state index contributed by atoms with van der Waals surface area (Å²) >= 11 is 0. The minimum Gasteiger partial charge on any atom is -0.493 e. The van der Waals surface area contributed by atoms with Crippen LogP contribution in [0.5, 0.6) is 5.75 Å². The molecule has 0 amide bonds. The summed E-state index contributed by atoms with van der Waals surface area (Å²) in [6.45, 7) is 0.473. The predicted octanol–water partition coefficient (Wildman–Crippen LogP) is 2.99.